The molecular formula is C19H23N5O3. The summed E-state index contributed by atoms with van der Waals surface area (Å²) in [7, 11) is 0. The number of aromatic nitrogens is 3. The van der Waals surface area contributed by atoms with Gasteiger partial charge in [-0.15, -0.1) is 5.10 Å². The highest BCUT2D eigenvalue weighted by atomic mass is 16.5. The number of hydrogen-bond acceptors (Lipinski definition) is 5. The van der Waals surface area contributed by atoms with Gasteiger partial charge in [0, 0.05) is 31.6 Å². The van der Waals surface area contributed by atoms with Gasteiger partial charge in [-0.1, -0.05) is 22.9 Å². The molecule has 0 bridgehead atoms. The third-order valence-electron chi connectivity index (χ3n) is 5.22. The monoisotopic (exact) mass is 369 g/mol. The number of benzene rings is 1. The van der Waals surface area contributed by atoms with E-state index in [0.29, 0.717) is 31.8 Å². The predicted octanol–water partition coefficient (Wildman–Crippen LogP) is 1.08. The zero-order chi connectivity index (χ0) is 18.8. The van der Waals surface area contributed by atoms with E-state index in [4.69, 9.17) is 4.74 Å². The number of piperidine rings is 1. The van der Waals surface area contributed by atoms with Crippen LogP contribution in [0.15, 0.2) is 30.5 Å². The molecule has 2 aliphatic heterocycles. The number of aryl methyl sites for hydroxylation is 1. The quantitative estimate of drug-likeness (QED) is 0.871. The summed E-state index contributed by atoms with van der Waals surface area (Å²) in [6.07, 6.45) is 2.84. The summed E-state index contributed by atoms with van der Waals surface area (Å²) in [5.74, 6) is -0.126. The number of carbonyl (C=O) groups excluding carboxylic acids is 2. The first-order valence-electron chi connectivity index (χ1n) is 9.25. The molecule has 2 amide bonds. The van der Waals surface area contributed by atoms with Gasteiger partial charge < -0.3 is 15.0 Å². The molecule has 142 valence electrons. The van der Waals surface area contributed by atoms with Crippen LogP contribution in [0, 0.1) is 6.92 Å². The number of nitrogens with one attached hydrogen (secondary N) is 1. The number of hydrogen-bond donors (Lipinski definition) is 1. The van der Waals surface area contributed by atoms with Crippen molar-refractivity contribution in [3.05, 3.63) is 47.3 Å². The van der Waals surface area contributed by atoms with Crippen LogP contribution >= 0.6 is 0 Å². The number of ether oxygens (including phenoxy) is 1. The molecule has 2 aromatic rings. The molecule has 3 heterocycles. The molecule has 4 rings (SSSR count). The van der Waals surface area contributed by atoms with Crippen molar-refractivity contribution in [3.63, 3.8) is 0 Å². The molecule has 2 atom stereocenters. The average Bonchev–Trinajstić information content (AvgIpc) is 3.17. The SMILES string of the molecule is Cc1ccc(C(=O)NCCC(=O)N2CCC3OCc4cnnn4C3C2)cc1. The molecule has 0 spiro atoms. The van der Waals surface area contributed by atoms with Gasteiger partial charge in [-0.3, -0.25) is 9.59 Å². The van der Waals surface area contributed by atoms with E-state index in [0.717, 1.165) is 17.7 Å². The molecule has 27 heavy (non-hydrogen) atoms. The Hall–Kier alpha value is -2.74. The van der Waals surface area contributed by atoms with E-state index in [1.807, 2.05) is 28.6 Å². The van der Waals surface area contributed by atoms with Crippen LogP contribution in [0.1, 0.15) is 40.5 Å². The van der Waals surface area contributed by atoms with Gasteiger partial charge in [0.05, 0.1) is 30.6 Å². The third kappa shape index (κ3) is 3.71. The minimum absolute atomic E-state index is 0.0103. The third-order valence-corrected chi connectivity index (χ3v) is 5.22. The molecule has 1 N–H and O–H groups in total. The van der Waals surface area contributed by atoms with Gasteiger partial charge in [-0.2, -0.15) is 0 Å². The second kappa shape index (κ2) is 7.48. The van der Waals surface area contributed by atoms with E-state index in [-0.39, 0.29) is 30.4 Å². The van der Waals surface area contributed by atoms with Crippen molar-refractivity contribution in [1.82, 2.24) is 25.2 Å². The predicted molar refractivity (Wildman–Crippen MR) is 97.0 cm³/mol. The van der Waals surface area contributed by atoms with Gasteiger partial charge in [0.15, 0.2) is 0 Å². The lowest BCUT2D eigenvalue weighted by Gasteiger charge is -2.41. The maximum atomic E-state index is 12.6. The topological polar surface area (TPSA) is 89.3 Å². The standard InChI is InChI=1S/C19H23N5O3/c1-13-2-4-14(5-3-13)19(26)20-8-6-18(25)23-9-7-17-16(11-23)24-15(12-27-17)10-21-22-24/h2-5,10,16-17H,6-9,11-12H2,1H3,(H,20,26). The van der Waals surface area contributed by atoms with Crippen molar-refractivity contribution in [1.29, 1.82) is 0 Å². The Kier molecular flexibility index (Phi) is 4.89. The van der Waals surface area contributed by atoms with Gasteiger partial charge in [-0.05, 0) is 25.5 Å². The molecule has 1 aromatic heterocycles. The van der Waals surface area contributed by atoms with Crippen LogP contribution in [0.4, 0.5) is 0 Å². The van der Waals surface area contributed by atoms with E-state index >= 15 is 0 Å². The van der Waals surface area contributed by atoms with E-state index in [9.17, 15) is 9.59 Å². The van der Waals surface area contributed by atoms with Crippen LogP contribution in [-0.2, 0) is 16.1 Å². The molecule has 0 saturated carbocycles. The summed E-state index contributed by atoms with van der Waals surface area (Å²) in [6.45, 7) is 4.04. The van der Waals surface area contributed by atoms with Crippen molar-refractivity contribution >= 4 is 11.8 Å². The van der Waals surface area contributed by atoms with E-state index in [1.165, 1.54) is 0 Å². The minimum atomic E-state index is -0.158. The molecule has 1 fully saturated rings. The van der Waals surface area contributed by atoms with Crippen molar-refractivity contribution in [2.75, 3.05) is 19.6 Å². The number of nitrogens with zero attached hydrogens (tertiary/aromatic N) is 4. The zero-order valence-electron chi connectivity index (χ0n) is 15.3. The smallest absolute Gasteiger partial charge is 0.251 e. The Labute approximate surface area is 157 Å². The van der Waals surface area contributed by atoms with E-state index in [2.05, 4.69) is 15.6 Å². The molecule has 2 aliphatic rings. The van der Waals surface area contributed by atoms with Gasteiger partial charge in [0.1, 0.15) is 0 Å². The summed E-state index contributed by atoms with van der Waals surface area (Å²) in [5.41, 5.74) is 2.65. The summed E-state index contributed by atoms with van der Waals surface area (Å²) in [4.78, 5) is 26.5. The molecule has 0 radical (unpaired) electrons. The lowest BCUT2D eigenvalue weighted by Crippen LogP contribution is -2.50. The molecule has 8 nitrogen and oxygen atoms in total. The maximum absolute atomic E-state index is 12.6. The molecule has 8 heteroatoms. The van der Waals surface area contributed by atoms with Crippen LogP contribution in [0.25, 0.3) is 0 Å². The van der Waals surface area contributed by atoms with Crippen LogP contribution in [-0.4, -0.2) is 57.4 Å². The number of fused-ring (bicyclic) bond motifs is 3. The number of rotatable bonds is 4. The van der Waals surface area contributed by atoms with Crippen molar-refractivity contribution in [2.24, 2.45) is 0 Å². The summed E-state index contributed by atoms with van der Waals surface area (Å²) < 4.78 is 7.75. The first-order valence-corrected chi connectivity index (χ1v) is 9.25. The number of amides is 2. The summed E-state index contributed by atoms with van der Waals surface area (Å²) >= 11 is 0. The fourth-order valence-corrected chi connectivity index (χ4v) is 3.65. The fourth-order valence-electron chi connectivity index (χ4n) is 3.65. The van der Waals surface area contributed by atoms with Gasteiger partial charge >= 0.3 is 0 Å². The Morgan fingerprint density at radius 1 is 1.30 bits per heavy atom. The number of carbonyl (C=O) groups is 2. The summed E-state index contributed by atoms with van der Waals surface area (Å²) in [5, 5.41) is 10.9. The van der Waals surface area contributed by atoms with Crippen LogP contribution < -0.4 is 5.32 Å². The minimum Gasteiger partial charge on any atom is -0.370 e. The normalized spacial score (nSPS) is 21.3. The van der Waals surface area contributed by atoms with E-state index in [1.54, 1.807) is 18.3 Å². The lowest BCUT2D eigenvalue weighted by atomic mass is 10.00. The Morgan fingerprint density at radius 3 is 2.93 bits per heavy atom. The molecule has 1 saturated heterocycles. The average molecular weight is 369 g/mol. The first-order chi connectivity index (χ1) is 13.1. The first kappa shape index (κ1) is 17.7. The van der Waals surface area contributed by atoms with Gasteiger partial charge in [0.25, 0.3) is 5.91 Å². The Bertz CT molecular complexity index is 832. The molecule has 2 unspecified atom stereocenters. The van der Waals surface area contributed by atoms with Crippen molar-refractivity contribution < 1.29 is 14.3 Å². The zero-order valence-corrected chi connectivity index (χ0v) is 15.3. The van der Waals surface area contributed by atoms with Gasteiger partial charge in [0.2, 0.25) is 5.91 Å². The van der Waals surface area contributed by atoms with Gasteiger partial charge in [-0.25, -0.2) is 4.68 Å². The number of likely N-dealkylation sites (tertiary alicyclic amines) is 1. The van der Waals surface area contributed by atoms with E-state index < -0.39 is 0 Å². The fraction of sp³-hybridized carbons (Fsp3) is 0.474. The largest absolute Gasteiger partial charge is 0.370 e. The lowest BCUT2D eigenvalue weighted by molar-refractivity contribution is -0.137. The van der Waals surface area contributed by atoms with Crippen LogP contribution in [0.3, 0.4) is 0 Å². The summed E-state index contributed by atoms with van der Waals surface area (Å²) in [6, 6.07) is 7.38. The Balaban J connectivity index is 1.29. The highest BCUT2D eigenvalue weighted by molar-refractivity contribution is 5.94. The second-order valence-corrected chi connectivity index (χ2v) is 7.09. The second-order valence-electron chi connectivity index (χ2n) is 7.09. The highest BCUT2D eigenvalue weighted by Crippen LogP contribution is 2.30. The molecular weight excluding hydrogens is 346 g/mol. The highest BCUT2D eigenvalue weighted by Gasteiger charge is 2.37. The molecule has 0 aliphatic carbocycles. The van der Waals surface area contributed by atoms with Crippen LogP contribution in [0.5, 0.6) is 0 Å². The Morgan fingerprint density at radius 2 is 2.11 bits per heavy atom. The maximum Gasteiger partial charge on any atom is 0.251 e. The van der Waals surface area contributed by atoms with Crippen molar-refractivity contribution in [3.8, 4) is 0 Å². The molecule has 1 aromatic carbocycles. The van der Waals surface area contributed by atoms with Crippen LogP contribution in [0.2, 0.25) is 0 Å². The van der Waals surface area contributed by atoms with Crippen molar-refractivity contribution in [2.45, 2.75) is 38.5 Å².